The monoisotopic (exact) mass is 464 g/mol. The first-order valence-corrected chi connectivity index (χ1v) is 10.7. The predicted octanol–water partition coefficient (Wildman–Crippen LogP) is 5.16. The van der Waals surface area contributed by atoms with E-state index in [-0.39, 0.29) is 17.0 Å². The molecule has 0 spiro atoms. The maximum absolute atomic E-state index is 13.9. The number of amides is 2. The molecule has 0 saturated carbocycles. The molecule has 3 aromatic rings. The summed E-state index contributed by atoms with van der Waals surface area (Å²) in [5, 5.41) is 3.03. The number of methoxy groups -OCH3 is 1. The van der Waals surface area contributed by atoms with E-state index in [1.807, 2.05) is 6.92 Å². The number of carbonyl (C=O) groups excluding carboxylic acids is 2. The highest BCUT2D eigenvalue weighted by Crippen LogP contribution is 2.35. The lowest BCUT2D eigenvalue weighted by atomic mass is 10.0. The van der Waals surface area contributed by atoms with Gasteiger partial charge in [0.1, 0.15) is 17.2 Å². The van der Waals surface area contributed by atoms with Gasteiger partial charge in [0.25, 0.3) is 11.8 Å². The van der Waals surface area contributed by atoms with Crippen LogP contribution in [0.25, 0.3) is 5.57 Å². The molecule has 8 heteroatoms. The van der Waals surface area contributed by atoms with Crippen molar-refractivity contribution in [3.63, 3.8) is 0 Å². The number of benzene rings is 3. The van der Waals surface area contributed by atoms with Crippen molar-refractivity contribution in [3.8, 4) is 11.5 Å². The Labute approximate surface area is 195 Å². The van der Waals surface area contributed by atoms with E-state index in [4.69, 9.17) is 9.47 Å². The zero-order valence-corrected chi connectivity index (χ0v) is 18.6. The number of nitrogens with zero attached hydrogens (tertiary/aromatic N) is 1. The molecule has 1 heterocycles. The van der Waals surface area contributed by atoms with E-state index in [9.17, 15) is 18.4 Å². The summed E-state index contributed by atoms with van der Waals surface area (Å²) >= 11 is 0. The first kappa shape index (κ1) is 23.0. The number of hydrogen-bond acceptors (Lipinski definition) is 5. The third-order valence-corrected chi connectivity index (χ3v) is 5.20. The fourth-order valence-corrected chi connectivity index (χ4v) is 3.56. The summed E-state index contributed by atoms with van der Waals surface area (Å²) in [7, 11) is 1.52. The third-order valence-electron chi connectivity index (χ3n) is 5.20. The van der Waals surface area contributed by atoms with Crippen LogP contribution in [0.15, 0.2) is 72.4 Å². The van der Waals surface area contributed by atoms with Crippen molar-refractivity contribution in [2.24, 2.45) is 0 Å². The van der Waals surface area contributed by atoms with Crippen LogP contribution in [0.4, 0.5) is 20.2 Å². The highest BCUT2D eigenvalue weighted by Gasteiger charge is 2.40. The SMILES string of the molecule is CCCOc1cccc(NC2=C(c3ccc(OC)cc3)C(=O)N(c3ccc(F)c(F)c3)C2=O)c1. The molecule has 1 N–H and O–H groups in total. The van der Waals surface area contributed by atoms with Crippen LogP contribution in [0.3, 0.4) is 0 Å². The molecular formula is C26H22F2N2O4. The third kappa shape index (κ3) is 4.47. The van der Waals surface area contributed by atoms with Gasteiger partial charge in [-0.1, -0.05) is 25.1 Å². The molecular weight excluding hydrogens is 442 g/mol. The Morgan fingerprint density at radius 3 is 2.32 bits per heavy atom. The van der Waals surface area contributed by atoms with Gasteiger partial charge in [-0.15, -0.1) is 0 Å². The zero-order chi connectivity index (χ0) is 24.2. The van der Waals surface area contributed by atoms with E-state index in [0.717, 1.165) is 23.5 Å². The van der Waals surface area contributed by atoms with Crippen LogP contribution in [0.2, 0.25) is 0 Å². The lowest BCUT2D eigenvalue weighted by Gasteiger charge is -2.16. The van der Waals surface area contributed by atoms with Crippen LogP contribution in [0, 0.1) is 11.6 Å². The van der Waals surface area contributed by atoms with E-state index < -0.39 is 23.4 Å². The van der Waals surface area contributed by atoms with E-state index in [2.05, 4.69) is 5.32 Å². The summed E-state index contributed by atoms with van der Waals surface area (Å²) < 4.78 is 38.2. The topological polar surface area (TPSA) is 67.9 Å². The Morgan fingerprint density at radius 1 is 0.882 bits per heavy atom. The molecule has 34 heavy (non-hydrogen) atoms. The Balaban J connectivity index is 1.77. The lowest BCUT2D eigenvalue weighted by Crippen LogP contribution is -2.32. The zero-order valence-electron chi connectivity index (χ0n) is 18.6. The highest BCUT2D eigenvalue weighted by atomic mass is 19.2. The molecule has 0 fully saturated rings. The second-order valence-corrected chi connectivity index (χ2v) is 7.52. The number of nitrogens with one attached hydrogen (secondary N) is 1. The van der Waals surface area contributed by atoms with E-state index in [1.165, 1.54) is 13.2 Å². The summed E-state index contributed by atoms with van der Waals surface area (Å²) in [5.41, 5.74) is 1.02. The maximum atomic E-state index is 13.9. The van der Waals surface area contributed by atoms with Gasteiger partial charge in [-0.05, 0) is 48.4 Å². The quantitative estimate of drug-likeness (QED) is 0.467. The van der Waals surface area contributed by atoms with Crippen molar-refractivity contribution < 1.29 is 27.8 Å². The van der Waals surface area contributed by atoms with Gasteiger partial charge in [-0.3, -0.25) is 9.59 Å². The summed E-state index contributed by atoms with van der Waals surface area (Å²) in [6.07, 6.45) is 0.834. The summed E-state index contributed by atoms with van der Waals surface area (Å²) in [6.45, 7) is 2.52. The van der Waals surface area contributed by atoms with Crippen molar-refractivity contribution in [2.45, 2.75) is 13.3 Å². The van der Waals surface area contributed by atoms with Crippen molar-refractivity contribution >= 4 is 28.8 Å². The van der Waals surface area contributed by atoms with Crippen LogP contribution >= 0.6 is 0 Å². The van der Waals surface area contributed by atoms with Gasteiger partial charge in [0.05, 0.1) is 25.0 Å². The second-order valence-electron chi connectivity index (χ2n) is 7.52. The molecule has 0 aliphatic carbocycles. The Morgan fingerprint density at radius 2 is 1.65 bits per heavy atom. The van der Waals surface area contributed by atoms with Crippen molar-refractivity contribution in [1.29, 1.82) is 0 Å². The van der Waals surface area contributed by atoms with Crippen molar-refractivity contribution in [1.82, 2.24) is 0 Å². The second kappa shape index (κ2) is 9.74. The predicted molar refractivity (Wildman–Crippen MR) is 125 cm³/mol. The first-order chi connectivity index (χ1) is 16.4. The van der Waals surface area contributed by atoms with Gasteiger partial charge in [-0.2, -0.15) is 0 Å². The number of ether oxygens (including phenoxy) is 2. The Kier molecular flexibility index (Phi) is 6.58. The number of hydrogen-bond donors (Lipinski definition) is 1. The van der Waals surface area contributed by atoms with Crippen LogP contribution in [0.5, 0.6) is 11.5 Å². The van der Waals surface area contributed by atoms with Gasteiger partial charge in [0.2, 0.25) is 0 Å². The maximum Gasteiger partial charge on any atom is 0.282 e. The van der Waals surface area contributed by atoms with Gasteiger partial charge >= 0.3 is 0 Å². The number of imide groups is 1. The molecule has 174 valence electrons. The summed E-state index contributed by atoms with van der Waals surface area (Å²) in [6, 6.07) is 16.5. The number of halogens is 2. The highest BCUT2D eigenvalue weighted by molar-refractivity contribution is 6.46. The molecule has 0 unspecified atom stereocenters. The van der Waals surface area contributed by atoms with Crippen molar-refractivity contribution in [2.75, 3.05) is 23.9 Å². The molecule has 0 aromatic heterocycles. The molecule has 0 radical (unpaired) electrons. The van der Waals surface area contributed by atoms with Crippen LogP contribution in [-0.4, -0.2) is 25.5 Å². The average Bonchev–Trinajstić information content (AvgIpc) is 3.09. The number of carbonyl (C=O) groups is 2. The Hall–Kier alpha value is -4.20. The molecule has 0 saturated heterocycles. The van der Waals surface area contributed by atoms with Crippen LogP contribution in [0.1, 0.15) is 18.9 Å². The first-order valence-electron chi connectivity index (χ1n) is 10.7. The lowest BCUT2D eigenvalue weighted by molar-refractivity contribution is -0.120. The molecule has 6 nitrogen and oxygen atoms in total. The fourth-order valence-electron chi connectivity index (χ4n) is 3.56. The molecule has 1 aliphatic heterocycles. The molecule has 4 rings (SSSR count). The summed E-state index contributed by atoms with van der Waals surface area (Å²) in [4.78, 5) is 27.6. The normalized spacial score (nSPS) is 13.5. The van der Waals surface area contributed by atoms with Gasteiger partial charge in [-0.25, -0.2) is 13.7 Å². The number of rotatable bonds is 8. The van der Waals surface area contributed by atoms with Crippen LogP contribution < -0.4 is 19.7 Å². The summed E-state index contributed by atoms with van der Waals surface area (Å²) in [5.74, 6) is -2.41. The van der Waals surface area contributed by atoms with Crippen LogP contribution in [-0.2, 0) is 9.59 Å². The Bertz CT molecular complexity index is 1270. The molecule has 0 bridgehead atoms. The largest absolute Gasteiger partial charge is 0.497 e. The minimum atomic E-state index is -1.16. The molecule has 0 atom stereocenters. The molecule has 1 aliphatic rings. The minimum Gasteiger partial charge on any atom is -0.497 e. The van der Waals surface area contributed by atoms with Gasteiger partial charge in [0, 0.05) is 17.8 Å². The molecule has 3 aromatic carbocycles. The minimum absolute atomic E-state index is 0.00698. The van der Waals surface area contributed by atoms with E-state index in [1.54, 1.807) is 48.5 Å². The van der Waals surface area contributed by atoms with E-state index in [0.29, 0.717) is 29.4 Å². The van der Waals surface area contributed by atoms with E-state index >= 15 is 0 Å². The molecule has 2 amide bonds. The average molecular weight is 464 g/mol. The smallest absolute Gasteiger partial charge is 0.282 e. The fraction of sp³-hybridized carbons (Fsp3) is 0.154. The number of anilines is 2. The van der Waals surface area contributed by atoms with Gasteiger partial charge in [0.15, 0.2) is 11.6 Å². The standard InChI is InChI=1S/C26H22F2N2O4/c1-3-13-34-20-6-4-5-17(14-20)29-24-23(16-7-10-19(33-2)11-8-16)25(31)30(26(24)32)18-9-12-21(27)22(28)15-18/h4-12,14-15,29H,3,13H2,1-2H3. The van der Waals surface area contributed by atoms with Crippen molar-refractivity contribution in [3.05, 3.63) is 89.6 Å². The van der Waals surface area contributed by atoms with Gasteiger partial charge < -0.3 is 14.8 Å².